The van der Waals surface area contributed by atoms with E-state index in [9.17, 15) is 23.4 Å². The molecule has 1 saturated carbocycles. The lowest BCUT2D eigenvalue weighted by atomic mass is 9.47. The summed E-state index contributed by atoms with van der Waals surface area (Å²) < 4.78 is 31.4. The normalized spacial score (nSPS) is 29.7. The highest BCUT2D eigenvalue weighted by Gasteiger charge is 2.59. The number of carbonyl (C=O) groups is 1. The minimum atomic E-state index is -3.51. The van der Waals surface area contributed by atoms with Crippen molar-refractivity contribution in [1.82, 2.24) is 10.3 Å². The minimum Gasteiger partial charge on any atom is -0.497 e. The number of anilines is 1. The van der Waals surface area contributed by atoms with Crippen LogP contribution >= 0.6 is 11.3 Å². The van der Waals surface area contributed by atoms with Crippen molar-refractivity contribution in [2.75, 3.05) is 24.7 Å². The molecule has 4 rings (SSSR count). The van der Waals surface area contributed by atoms with Gasteiger partial charge in [-0.15, -0.1) is 11.3 Å². The quantitative estimate of drug-likeness (QED) is 0.406. The Kier molecular flexibility index (Phi) is 7.40. The first-order valence-corrected chi connectivity index (χ1v) is 14.8. The third-order valence-electron chi connectivity index (χ3n) is 8.20. The number of fused-ring (bicyclic) bond motifs is 2. The van der Waals surface area contributed by atoms with Crippen LogP contribution in [0.25, 0.3) is 0 Å². The largest absolute Gasteiger partial charge is 0.497 e. The summed E-state index contributed by atoms with van der Waals surface area (Å²) >= 11 is 1.27. The topological polar surface area (TPSA) is 138 Å². The van der Waals surface area contributed by atoms with E-state index < -0.39 is 27.0 Å². The third-order valence-corrected chi connectivity index (χ3v) is 9.91. The molecule has 1 aromatic carbocycles. The fourth-order valence-electron chi connectivity index (χ4n) is 6.05. The van der Waals surface area contributed by atoms with E-state index in [0.29, 0.717) is 25.8 Å². The lowest BCUT2D eigenvalue weighted by Crippen LogP contribution is -2.57. The maximum Gasteiger partial charge on any atom is 0.231 e. The van der Waals surface area contributed by atoms with Gasteiger partial charge in [0.05, 0.1) is 31.8 Å². The van der Waals surface area contributed by atoms with Crippen molar-refractivity contribution in [3.63, 3.8) is 0 Å². The van der Waals surface area contributed by atoms with Crippen molar-refractivity contribution in [1.29, 1.82) is 0 Å². The molecule has 0 radical (unpaired) electrons. The van der Waals surface area contributed by atoms with Crippen molar-refractivity contribution in [2.24, 2.45) is 16.7 Å². The predicted octanol–water partition coefficient (Wildman–Crippen LogP) is 2.65. The van der Waals surface area contributed by atoms with Gasteiger partial charge in [-0.3, -0.25) is 9.52 Å². The van der Waals surface area contributed by atoms with E-state index in [4.69, 9.17) is 4.74 Å². The second-order valence-corrected chi connectivity index (χ2v) is 13.4. The molecule has 1 amide bonds. The number of nitrogens with zero attached hydrogens (tertiary/aromatic N) is 1. The Morgan fingerprint density at radius 2 is 1.97 bits per heavy atom. The van der Waals surface area contributed by atoms with Crippen LogP contribution in [0.4, 0.5) is 5.13 Å². The molecule has 2 aliphatic carbocycles. The second kappa shape index (κ2) is 9.92. The second-order valence-electron chi connectivity index (χ2n) is 10.6. The Labute approximate surface area is 216 Å². The van der Waals surface area contributed by atoms with Crippen LogP contribution in [0, 0.1) is 16.7 Å². The van der Waals surface area contributed by atoms with Crippen LogP contribution in [0.3, 0.4) is 0 Å². The summed E-state index contributed by atoms with van der Waals surface area (Å²) in [5.41, 5.74) is 0.537. The molecule has 0 bridgehead atoms. The number of nitrogens with one attached hydrogen (secondary N) is 2. The van der Waals surface area contributed by atoms with Crippen LogP contribution in [0.1, 0.15) is 55.2 Å². The predicted molar refractivity (Wildman–Crippen MR) is 139 cm³/mol. The lowest BCUT2D eigenvalue weighted by molar-refractivity contribution is -0.144. The highest BCUT2D eigenvalue weighted by atomic mass is 32.2. The molecule has 2 aromatic rings. The van der Waals surface area contributed by atoms with E-state index in [2.05, 4.69) is 21.9 Å². The fraction of sp³-hybridized carbons (Fsp3) is 0.600. The number of thiazole rings is 1. The molecule has 0 spiro atoms. The maximum absolute atomic E-state index is 13.2. The van der Waals surface area contributed by atoms with Crippen molar-refractivity contribution >= 4 is 32.4 Å². The van der Waals surface area contributed by atoms with Gasteiger partial charge in [-0.05, 0) is 48.3 Å². The number of aromatic nitrogens is 1. The molecule has 5 unspecified atom stereocenters. The molecule has 198 valence electrons. The molecule has 0 saturated heterocycles. The Bertz CT molecular complexity index is 1210. The van der Waals surface area contributed by atoms with Crippen LogP contribution in [-0.4, -0.2) is 55.6 Å². The molecule has 4 N–H and O–H groups in total. The van der Waals surface area contributed by atoms with Gasteiger partial charge in [0.2, 0.25) is 15.9 Å². The van der Waals surface area contributed by atoms with E-state index in [-0.39, 0.29) is 35.9 Å². The molecule has 1 aromatic heterocycles. The van der Waals surface area contributed by atoms with Crippen molar-refractivity contribution in [2.45, 2.75) is 58.1 Å². The first-order chi connectivity index (χ1) is 16.9. The highest BCUT2D eigenvalue weighted by Crippen LogP contribution is 2.62. The van der Waals surface area contributed by atoms with Gasteiger partial charge >= 0.3 is 0 Å². The zero-order valence-electron chi connectivity index (χ0n) is 21.1. The summed E-state index contributed by atoms with van der Waals surface area (Å²) in [4.78, 5) is 18.7. The summed E-state index contributed by atoms with van der Waals surface area (Å²) in [6.07, 6.45) is 2.35. The van der Waals surface area contributed by atoms with Gasteiger partial charge in [-0.1, -0.05) is 26.0 Å². The number of ether oxygens (including phenoxy) is 1. The third kappa shape index (κ3) is 5.11. The lowest BCUT2D eigenvalue weighted by Gasteiger charge is -2.58. The highest BCUT2D eigenvalue weighted by molar-refractivity contribution is 7.92. The fourth-order valence-corrected chi connectivity index (χ4v) is 7.95. The van der Waals surface area contributed by atoms with E-state index in [0.717, 1.165) is 28.1 Å². The van der Waals surface area contributed by atoms with Gasteiger partial charge in [0.25, 0.3) is 0 Å². The zero-order chi connectivity index (χ0) is 26.3. The molecule has 5 atom stereocenters. The number of sulfonamides is 1. The van der Waals surface area contributed by atoms with E-state index in [1.807, 2.05) is 31.2 Å². The van der Waals surface area contributed by atoms with Gasteiger partial charge in [0, 0.05) is 29.2 Å². The number of rotatable bonds is 8. The van der Waals surface area contributed by atoms with E-state index >= 15 is 0 Å². The summed E-state index contributed by atoms with van der Waals surface area (Å²) in [7, 11) is -1.91. The Morgan fingerprint density at radius 3 is 2.58 bits per heavy atom. The van der Waals surface area contributed by atoms with E-state index in [1.165, 1.54) is 11.3 Å². The van der Waals surface area contributed by atoms with Gasteiger partial charge in [-0.2, -0.15) is 0 Å². The summed E-state index contributed by atoms with van der Waals surface area (Å²) in [6, 6.07) is 7.48. The Hall–Kier alpha value is -2.21. The number of benzene rings is 1. The maximum atomic E-state index is 13.2. The Balaban J connectivity index is 1.63. The Morgan fingerprint density at radius 1 is 1.28 bits per heavy atom. The molecule has 11 heteroatoms. The molecule has 9 nitrogen and oxygen atoms in total. The molecular formula is C25H35N3O6S2. The van der Waals surface area contributed by atoms with E-state index in [1.54, 1.807) is 7.11 Å². The van der Waals surface area contributed by atoms with Crippen LogP contribution < -0.4 is 14.8 Å². The zero-order valence-corrected chi connectivity index (χ0v) is 22.7. The van der Waals surface area contributed by atoms with Crippen LogP contribution in [0.15, 0.2) is 24.3 Å². The number of carbonyl (C=O) groups excluding carboxylic acids is 1. The van der Waals surface area contributed by atoms with Crippen LogP contribution in [0.5, 0.6) is 5.75 Å². The number of aliphatic hydroxyl groups excluding tert-OH is 2. The van der Waals surface area contributed by atoms with Crippen molar-refractivity contribution in [3.8, 4) is 5.75 Å². The number of hydrogen-bond acceptors (Lipinski definition) is 8. The molecule has 0 aliphatic heterocycles. The minimum absolute atomic E-state index is 0.0998. The van der Waals surface area contributed by atoms with Gasteiger partial charge in [-0.25, -0.2) is 13.4 Å². The molecule has 1 heterocycles. The van der Waals surface area contributed by atoms with Crippen molar-refractivity contribution < 1.29 is 28.2 Å². The summed E-state index contributed by atoms with van der Waals surface area (Å²) in [5.74, 6) is 0.224. The first-order valence-electron chi connectivity index (χ1n) is 12.1. The number of amides is 1. The molecular weight excluding hydrogens is 502 g/mol. The molecule has 1 fully saturated rings. The average molecular weight is 538 g/mol. The smallest absolute Gasteiger partial charge is 0.231 e. The molecule has 2 aliphatic rings. The van der Waals surface area contributed by atoms with Crippen LogP contribution in [-0.2, 0) is 27.8 Å². The summed E-state index contributed by atoms with van der Waals surface area (Å²) in [6.45, 7) is 4.22. The SMILES string of the molecule is COc1ccc(CNC(=O)CC2c3nc(NS(C)(=O)=O)sc3CC3C(C)(CO)C(O)CCC23C)cc1. The monoisotopic (exact) mass is 537 g/mol. The first kappa shape index (κ1) is 26.8. The van der Waals surface area contributed by atoms with Crippen LogP contribution in [0.2, 0.25) is 0 Å². The average Bonchev–Trinajstić information content (AvgIpc) is 3.22. The van der Waals surface area contributed by atoms with Gasteiger partial charge in [0.1, 0.15) is 5.75 Å². The van der Waals surface area contributed by atoms with Gasteiger partial charge < -0.3 is 20.3 Å². The molecule has 36 heavy (non-hydrogen) atoms. The number of aliphatic hydroxyl groups is 2. The van der Waals surface area contributed by atoms with Gasteiger partial charge in [0.15, 0.2) is 5.13 Å². The summed E-state index contributed by atoms with van der Waals surface area (Å²) in [5, 5.41) is 24.5. The number of hydrogen-bond donors (Lipinski definition) is 4. The number of methoxy groups -OCH3 is 1. The standard InChI is InChI=1S/C25H35N3O6S2/c1-24-10-9-20(30)25(2,14-29)19(24)12-18-22(27-23(35-18)28-36(4,32)33)17(24)11-21(31)26-13-15-5-7-16(34-3)8-6-15/h5-8,17,19-20,29-30H,9-14H2,1-4H3,(H,26,31)(H,27,28). The van der Waals surface area contributed by atoms with Crippen molar-refractivity contribution in [3.05, 3.63) is 40.4 Å².